The van der Waals surface area contributed by atoms with Crippen molar-refractivity contribution in [2.24, 2.45) is 5.73 Å². The summed E-state index contributed by atoms with van der Waals surface area (Å²) in [5.74, 6) is 0.0438. The van der Waals surface area contributed by atoms with Gasteiger partial charge < -0.3 is 20.1 Å². The summed E-state index contributed by atoms with van der Waals surface area (Å²) in [4.78, 5) is 2.11. The fourth-order valence-corrected chi connectivity index (χ4v) is 2.37. The minimum atomic E-state index is 0.0438. The molecule has 0 fully saturated rings. The number of rotatable bonds is 8. The van der Waals surface area contributed by atoms with Crippen LogP contribution in [0.5, 0.6) is 0 Å². The molecule has 0 bridgehead atoms. The molecule has 1 aromatic rings. The number of methoxy groups -OCH3 is 2. The van der Waals surface area contributed by atoms with Crippen LogP contribution in [0.1, 0.15) is 5.56 Å². The standard InChI is InChI=1S/C13H20BrN3O2/c1-18-8-6-17(7-9-19-2)11-5-3-4-10(14)12(11)13(15)16/h3-5H,6-9H2,1-2H3,(H3,15,16). The number of nitrogens with one attached hydrogen (secondary N) is 1. The molecule has 0 aliphatic carbocycles. The summed E-state index contributed by atoms with van der Waals surface area (Å²) < 4.78 is 11.1. The van der Waals surface area contributed by atoms with Crippen LogP contribution in [-0.2, 0) is 9.47 Å². The highest BCUT2D eigenvalue weighted by molar-refractivity contribution is 9.10. The third kappa shape index (κ3) is 4.49. The molecule has 0 aromatic heterocycles. The molecule has 0 atom stereocenters. The van der Waals surface area contributed by atoms with Gasteiger partial charge in [0.1, 0.15) is 5.84 Å². The van der Waals surface area contributed by atoms with Gasteiger partial charge in [0.2, 0.25) is 0 Å². The lowest BCUT2D eigenvalue weighted by molar-refractivity contribution is 0.190. The van der Waals surface area contributed by atoms with Crippen LogP contribution >= 0.6 is 15.9 Å². The molecule has 6 heteroatoms. The summed E-state index contributed by atoms with van der Waals surface area (Å²) in [5.41, 5.74) is 7.29. The van der Waals surface area contributed by atoms with E-state index < -0.39 is 0 Å². The van der Waals surface area contributed by atoms with Crippen molar-refractivity contribution in [2.45, 2.75) is 0 Å². The molecule has 3 N–H and O–H groups in total. The van der Waals surface area contributed by atoms with Crippen LogP contribution in [0.3, 0.4) is 0 Å². The number of halogens is 1. The number of hydrogen-bond acceptors (Lipinski definition) is 4. The summed E-state index contributed by atoms with van der Waals surface area (Å²) in [6, 6.07) is 5.76. The Balaban J connectivity index is 3.06. The second kappa shape index (κ2) is 8.14. The zero-order chi connectivity index (χ0) is 14.3. The average molecular weight is 330 g/mol. The number of nitrogens with zero attached hydrogens (tertiary/aromatic N) is 1. The fourth-order valence-electron chi connectivity index (χ4n) is 1.80. The Morgan fingerprint density at radius 1 is 1.26 bits per heavy atom. The zero-order valence-corrected chi connectivity index (χ0v) is 12.9. The van der Waals surface area contributed by atoms with E-state index in [4.69, 9.17) is 20.6 Å². The van der Waals surface area contributed by atoms with Gasteiger partial charge in [0, 0.05) is 37.5 Å². The quantitative estimate of drug-likeness (QED) is 0.563. The molecule has 106 valence electrons. The van der Waals surface area contributed by atoms with E-state index in [-0.39, 0.29) is 5.84 Å². The first kappa shape index (κ1) is 15.9. The molecule has 0 heterocycles. The molecule has 1 rings (SSSR count). The summed E-state index contributed by atoms with van der Waals surface area (Å²) in [7, 11) is 3.34. The highest BCUT2D eigenvalue weighted by Gasteiger charge is 2.15. The van der Waals surface area contributed by atoms with Crippen molar-refractivity contribution in [1.82, 2.24) is 0 Å². The zero-order valence-electron chi connectivity index (χ0n) is 11.3. The van der Waals surface area contributed by atoms with Crippen LogP contribution in [0.15, 0.2) is 22.7 Å². The van der Waals surface area contributed by atoms with E-state index >= 15 is 0 Å². The van der Waals surface area contributed by atoms with Crippen molar-refractivity contribution < 1.29 is 9.47 Å². The fraction of sp³-hybridized carbons (Fsp3) is 0.462. The third-order valence-corrected chi connectivity index (χ3v) is 3.39. The van der Waals surface area contributed by atoms with E-state index in [1.165, 1.54) is 0 Å². The highest BCUT2D eigenvalue weighted by Crippen LogP contribution is 2.27. The van der Waals surface area contributed by atoms with Gasteiger partial charge in [-0.25, -0.2) is 0 Å². The molecule has 0 saturated carbocycles. The van der Waals surface area contributed by atoms with Gasteiger partial charge in [-0.1, -0.05) is 6.07 Å². The van der Waals surface area contributed by atoms with Gasteiger partial charge in [-0.3, -0.25) is 5.41 Å². The molecular formula is C13H20BrN3O2. The number of nitrogens with two attached hydrogens (primary N) is 1. The number of hydrogen-bond donors (Lipinski definition) is 2. The lowest BCUT2D eigenvalue weighted by atomic mass is 10.1. The topological polar surface area (TPSA) is 71.6 Å². The largest absolute Gasteiger partial charge is 0.384 e. The van der Waals surface area contributed by atoms with Gasteiger partial charge in [-0.15, -0.1) is 0 Å². The Bertz CT molecular complexity index is 418. The molecule has 0 aliphatic heterocycles. The number of nitrogen functional groups attached to an aromatic ring is 1. The minimum absolute atomic E-state index is 0.0438. The third-order valence-electron chi connectivity index (χ3n) is 2.73. The van der Waals surface area contributed by atoms with Crippen LogP contribution in [-0.4, -0.2) is 46.4 Å². The van der Waals surface area contributed by atoms with Gasteiger partial charge in [0.15, 0.2) is 0 Å². The smallest absolute Gasteiger partial charge is 0.126 e. The SMILES string of the molecule is COCCN(CCOC)c1cccc(Br)c1C(=N)N. The number of amidine groups is 1. The van der Waals surface area contributed by atoms with Crippen molar-refractivity contribution in [1.29, 1.82) is 5.41 Å². The van der Waals surface area contributed by atoms with Gasteiger partial charge in [-0.05, 0) is 28.1 Å². The monoisotopic (exact) mass is 329 g/mol. The first-order chi connectivity index (χ1) is 9.11. The van der Waals surface area contributed by atoms with Crippen LogP contribution in [0.2, 0.25) is 0 Å². The number of anilines is 1. The van der Waals surface area contributed by atoms with Crippen LogP contribution in [0.4, 0.5) is 5.69 Å². The molecule has 19 heavy (non-hydrogen) atoms. The maximum atomic E-state index is 7.72. The molecule has 0 aliphatic rings. The molecule has 0 radical (unpaired) electrons. The van der Waals surface area contributed by atoms with Crippen LogP contribution < -0.4 is 10.6 Å². The van der Waals surface area contributed by atoms with Crippen LogP contribution in [0.25, 0.3) is 0 Å². The summed E-state index contributed by atoms with van der Waals surface area (Å²) in [5, 5.41) is 7.72. The van der Waals surface area contributed by atoms with Crippen molar-refractivity contribution in [3.05, 3.63) is 28.2 Å². The second-order valence-corrected chi connectivity index (χ2v) is 4.87. The number of ether oxygens (including phenoxy) is 2. The molecule has 5 nitrogen and oxygen atoms in total. The molecule has 0 unspecified atom stereocenters. The first-order valence-electron chi connectivity index (χ1n) is 5.97. The Morgan fingerprint density at radius 3 is 2.32 bits per heavy atom. The Kier molecular flexibility index (Phi) is 6.83. The van der Waals surface area contributed by atoms with Crippen molar-refractivity contribution >= 4 is 27.5 Å². The van der Waals surface area contributed by atoms with E-state index in [2.05, 4.69) is 20.8 Å². The molecule has 0 saturated heterocycles. The summed E-state index contributed by atoms with van der Waals surface area (Å²) in [6.07, 6.45) is 0. The normalized spacial score (nSPS) is 10.5. The van der Waals surface area contributed by atoms with Crippen molar-refractivity contribution in [3.8, 4) is 0 Å². The molecular weight excluding hydrogens is 310 g/mol. The number of benzene rings is 1. The van der Waals surface area contributed by atoms with Crippen LogP contribution in [0, 0.1) is 5.41 Å². The Morgan fingerprint density at radius 2 is 1.84 bits per heavy atom. The summed E-state index contributed by atoms with van der Waals surface area (Å²) in [6.45, 7) is 2.65. The van der Waals surface area contributed by atoms with E-state index in [9.17, 15) is 0 Å². The van der Waals surface area contributed by atoms with Gasteiger partial charge in [-0.2, -0.15) is 0 Å². The second-order valence-electron chi connectivity index (χ2n) is 4.02. The van der Waals surface area contributed by atoms with Gasteiger partial charge in [0.05, 0.1) is 18.8 Å². The lowest BCUT2D eigenvalue weighted by Gasteiger charge is -2.27. The average Bonchev–Trinajstić information content (AvgIpc) is 2.38. The lowest BCUT2D eigenvalue weighted by Crippen LogP contribution is -2.32. The predicted molar refractivity (Wildman–Crippen MR) is 81.1 cm³/mol. The maximum absolute atomic E-state index is 7.72. The minimum Gasteiger partial charge on any atom is -0.384 e. The van der Waals surface area contributed by atoms with Crippen molar-refractivity contribution in [2.75, 3.05) is 45.4 Å². The van der Waals surface area contributed by atoms with Gasteiger partial charge in [0.25, 0.3) is 0 Å². The highest BCUT2D eigenvalue weighted by atomic mass is 79.9. The van der Waals surface area contributed by atoms with Gasteiger partial charge >= 0.3 is 0 Å². The molecule has 0 spiro atoms. The van der Waals surface area contributed by atoms with Crippen molar-refractivity contribution in [3.63, 3.8) is 0 Å². The molecule has 1 aromatic carbocycles. The summed E-state index contributed by atoms with van der Waals surface area (Å²) >= 11 is 3.44. The first-order valence-corrected chi connectivity index (χ1v) is 6.76. The predicted octanol–water partition coefficient (Wildman–Crippen LogP) is 1.83. The van der Waals surface area contributed by atoms with E-state index in [1.807, 2.05) is 18.2 Å². The Hall–Kier alpha value is -1.11. The van der Waals surface area contributed by atoms with E-state index in [1.54, 1.807) is 14.2 Å². The molecule has 0 amide bonds. The Labute approximate surface area is 122 Å². The van der Waals surface area contributed by atoms with E-state index in [0.717, 1.165) is 23.2 Å². The maximum Gasteiger partial charge on any atom is 0.126 e. The van der Waals surface area contributed by atoms with E-state index in [0.29, 0.717) is 18.8 Å².